The van der Waals surface area contributed by atoms with Gasteiger partial charge in [-0.3, -0.25) is 9.69 Å². The molecule has 2 aromatic rings. The molecule has 3 aliphatic rings. The molecule has 3 heterocycles. The first kappa shape index (κ1) is 27.1. The number of hydrogen-bond donors (Lipinski definition) is 0. The average Bonchev–Trinajstić information content (AvgIpc) is 2.98. The van der Waals surface area contributed by atoms with Crippen molar-refractivity contribution in [2.45, 2.75) is 30.3 Å². The number of halogens is 1. The van der Waals surface area contributed by atoms with Gasteiger partial charge in [0.25, 0.3) is 5.91 Å². The molecule has 39 heavy (non-hydrogen) atoms. The van der Waals surface area contributed by atoms with Gasteiger partial charge in [0.05, 0.1) is 22.1 Å². The quantitative estimate of drug-likeness (QED) is 0.551. The summed E-state index contributed by atoms with van der Waals surface area (Å²) < 4.78 is 40.4. The van der Waals surface area contributed by atoms with E-state index < -0.39 is 15.8 Å². The van der Waals surface area contributed by atoms with E-state index in [2.05, 4.69) is 15.9 Å². The van der Waals surface area contributed by atoms with Crippen LogP contribution in [-0.2, 0) is 21.4 Å². The Kier molecular flexibility index (Phi) is 8.12. The second-order valence-electron chi connectivity index (χ2n) is 10.1. The van der Waals surface area contributed by atoms with Crippen molar-refractivity contribution in [1.29, 1.82) is 5.26 Å². The molecule has 0 atom stereocenters. The van der Waals surface area contributed by atoms with Crippen LogP contribution in [0.1, 0.15) is 24.0 Å². The zero-order chi connectivity index (χ0) is 27.4. The van der Waals surface area contributed by atoms with Crippen LogP contribution in [-0.4, -0.2) is 85.2 Å². The fourth-order valence-electron chi connectivity index (χ4n) is 5.38. The standard InChI is InChI=1S/C29H32FN5O3S/c30-26-7-9-28(10-8-26)39(37,38)35-18-16-33(17-19-35)29(36)25-2-1-13-34(22-25)27-11-14-32(15-12-27)21-24-5-3-23(20-31)4-6-24/h1-10,22,27H,11-19,21H2. The van der Waals surface area contributed by atoms with Crippen LogP contribution in [0.15, 0.2) is 77.4 Å². The Morgan fingerprint density at radius 1 is 0.949 bits per heavy atom. The Hall–Kier alpha value is -3.52. The molecule has 10 heteroatoms. The first-order valence-corrected chi connectivity index (χ1v) is 14.7. The normalized spacial score (nSPS) is 19.5. The van der Waals surface area contributed by atoms with Crippen LogP contribution in [0.5, 0.6) is 0 Å². The summed E-state index contributed by atoms with van der Waals surface area (Å²) in [5.41, 5.74) is 2.49. The molecule has 8 nitrogen and oxygen atoms in total. The van der Waals surface area contributed by atoms with Crippen LogP contribution in [0.25, 0.3) is 0 Å². The lowest BCUT2D eigenvalue weighted by atomic mass is 10.0. The summed E-state index contributed by atoms with van der Waals surface area (Å²) in [6, 6.07) is 15.1. The maximum atomic E-state index is 13.3. The predicted molar refractivity (Wildman–Crippen MR) is 145 cm³/mol. The van der Waals surface area contributed by atoms with Crippen LogP contribution in [0.3, 0.4) is 0 Å². The summed E-state index contributed by atoms with van der Waals surface area (Å²) in [5.74, 6) is -0.575. The second kappa shape index (κ2) is 11.7. The van der Waals surface area contributed by atoms with Gasteiger partial charge in [-0.25, -0.2) is 12.8 Å². The van der Waals surface area contributed by atoms with E-state index in [-0.39, 0.29) is 23.9 Å². The molecule has 5 rings (SSSR count). The van der Waals surface area contributed by atoms with Crippen LogP contribution in [0.2, 0.25) is 0 Å². The number of likely N-dealkylation sites (tertiary alicyclic amines) is 1. The van der Waals surface area contributed by atoms with Gasteiger partial charge in [-0.2, -0.15) is 9.57 Å². The SMILES string of the molecule is N#Cc1ccc(CN2CCC(N3C=C(C(=O)N4CCN(S(=O)(=O)c5ccc(F)cc5)CC4)C=CC3)CC2)cc1. The number of hydrogen-bond acceptors (Lipinski definition) is 6. The molecular weight excluding hydrogens is 517 g/mol. The van der Waals surface area contributed by atoms with E-state index in [1.54, 1.807) is 4.90 Å². The molecular formula is C29H32FN5O3S. The van der Waals surface area contributed by atoms with Gasteiger partial charge < -0.3 is 9.80 Å². The van der Waals surface area contributed by atoms with Gasteiger partial charge in [0, 0.05) is 64.6 Å². The molecule has 3 aliphatic heterocycles. The molecule has 0 unspecified atom stereocenters. The van der Waals surface area contributed by atoms with E-state index in [0.29, 0.717) is 30.3 Å². The monoisotopic (exact) mass is 549 g/mol. The number of nitrogens with zero attached hydrogens (tertiary/aromatic N) is 5. The first-order valence-electron chi connectivity index (χ1n) is 13.2. The van der Waals surface area contributed by atoms with E-state index in [1.807, 2.05) is 42.6 Å². The highest BCUT2D eigenvalue weighted by atomic mass is 32.2. The topological polar surface area (TPSA) is 88.0 Å². The minimum atomic E-state index is -3.73. The van der Waals surface area contributed by atoms with Crippen molar-refractivity contribution in [2.24, 2.45) is 0 Å². The lowest BCUT2D eigenvalue weighted by Gasteiger charge is -2.39. The third-order valence-electron chi connectivity index (χ3n) is 7.66. The Balaban J connectivity index is 1.13. The van der Waals surface area contributed by atoms with Crippen molar-refractivity contribution in [3.8, 4) is 6.07 Å². The molecule has 0 bridgehead atoms. The number of rotatable bonds is 6. The third kappa shape index (κ3) is 6.22. The first-order chi connectivity index (χ1) is 18.8. The zero-order valence-corrected chi connectivity index (χ0v) is 22.6. The summed E-state index contributed by atoms with van der Waals surface area (Å²) in [7, 11) is -3.73. The summed E-state index contributed by atoms with van der Waals surface area (Å²) >= 11 is 0. The number of carbonyl (C=O) groups excluding carboxylic acids is 1. The van der Waals surface area contributed by atoms with Crippen molar-refractivity contribution < 1.29 is 17.6 Å². The highest BCUT2D eigenvalue weighted by Crippen LogP contribution is 2.24. The maximum Gasteiger partial charge on any atom is 0.255 e. The highest BCUT2D eigenvalue weighted by molar-refractivity contribution is 7.89. The van der Waals surface area contributed by atoms with E-state index >= 15 is 0 Å². The number of nitriles is 1. The Labute approximate surface area is 229 Å². The smallest absolute Gasteiger partial charge is 0.255 e. The van der Waals surface area contributed by atoms with Crippen LogP contribution < -0.4 is 0 Å². The number of carbonyl (C=O) groups is 1. The Morgan fingerprint density at radius 3 is 2.26 bits per heavy atom. The number of piperidine rings is 1. The second-order valence-corrected chi connectivity index (χ2v) is 12.1. The largest absolute Gasteiger partial charge is 0.370 e. The van der Waals surface area contributed by atoms with Crippen molar-refractivity contribution in [1.82, 2.24) is 19.0 Å². The summed E-state index contributed by atoms with van der Waals surface area (Å²) in [4.78, 5) is 19.7. The van der Waals surface area contributed by atoms with E-state index in [4.69, 9.17) is 5.26 Å². The van der Waals surface area contributed by atoms with Gasteiger partial charge in [-0.1, -0.05) is 24.3 Å². The summed E-state index contributed by atoms with van der Waals surface area (Å²) in [6.45, 7) is 4.56. The molecule has 2 fully saturated rings. The van der Waals surface area contributed by atoms with Gasteiger partial charge in [0.15, 0.2) is 0 Å². The molecule has 0 N–H and O–H groups in total. The number of benzene rings is 2. The average molecular weight is 550 g/mol. The Bertz CT molecular complexity index is 1380. The molecule has 0 saturated carbocycles. The predicted octanol–water partition coefficient (Wildman–Crippen LogP) is 2.95. The summed E-state index contributed by atoms with van der Waals surface area (Å²) in [5, 5.41) is 8.98. The van der Waals surface area contributed by atoms with Crippen molar-refractivity contribution in [3.63, 3.8) is 0 Å². The molecule has 204 valence electrons. The lowest BCUT2D eigenvalue weighted by molar-refractivity contribution is -0.128. The molecule has 0 radical (unpaired) electrons. The fourth-order valence-corrected chi connectivity index (χ4v) is 6.80. The molecule has 1 amide bonds. The Morgan fingerprint density at radius 2 is 1.62 bits per heavy atom. The molecule has 0 spiro atoms. The van der Waals surface area contributed by atoms with Crippen molar-refractivity contribution in [3.05, 3.63) is 89.4 Å². The van der Waals surface area contributed by atoms with Gasteiger partial charge in [0.2, 0.25) is 10.0 Å². The minimum absolute atomic E-state index is 0.0557. The minimum Gasteiger partial charge on any atom is -0.370 e. The van der Waals surface area contributed by atoms with Gasteiger partial charge in [0.1, 0.15) is 5.82 Å². The van der Waals surface area contributed by atoms with Crippen molar-refractivity contribution >= 4 is 15.9 Å². The molecule has 2 aromatic carbocycles. The van der Waals surface area contributed by atoms with Crippen LogP contribution in [0.4, 0.5) is 4.39 Å². The highest BCUT2D eigenvalue weighted by Gasteiger charge is 2.32. The summed E-state index contributed by atoms with van der Waals surface area (Å²) in [6.07, 6.45) is 7.85. The molecule has 0 aromatic heterocycles. The van der Waals surface area contributed by atoms with Crippen LogP contribution in [0, 0.1) is 17.1 Å². The third-order valence-corrected chi connectivity index (χ3v) is 9.57. The van der Waals surface area contributed by atoms with Gasteiger partial charge in [-0.15, -0.1) is 0 Å². The van der Waals surface area contributed by atoms with Crippen molar-refractivity contribution in [2.75, 3.05) is 45.8 Å². The number of amides is 1. The number of sulfonamides is 1. The zero-order valence-electron chi connectivity index (χ0n) is 21.7. The van der Waals surface area contributed by atoms with Crippen LogP contribution >= 0.6 is 0 Å². The number of piperazine rings is 1. The molecule has 2 saturated heterocycles. The fraction of sp³-hybridized carbons (Fsp3) is 0.379. The molecule has 0 aliphatic carbocycles. The van der Waals surface area contributed by atoms with E-state index in [9.17, 15) is 17.6 Å². The van der Waals surface area contributed by atoms with Gasteiger partial charge >= 0.3 is 0 Å². The van der Waals surface area contributed by atoms with E-state index in [0.717, 1.165) is 51.2 Å². The van der Waals surface area contributed by atoms with Gasteiger partial charge in [-0.05, 0) is 54.8 Å². The maximum absolute atomic E-state index is 13.3. The lowest BCUT2D eigenvalue weighted by Crippen LogP contribution is -2.51. The van der Waals surface area contributed by atoms with E-state index in [1.165, 1.54) is 22.0 Å².